The Morgan fingerprint density at radius 3 is 2.61 bits per heavy atom. The molecule has 0 spiro atoms. The van der Waals surface area contributed by atoms with Crippen molar-refractivity contribution in [2.24, 2.45) is 0 Å². The number of halogens is 4. The smallest absolute Gasteiger partial charge is 0.446 e. The van der Waals surface area contributed by atoms with Crippen molar-refractivity contribution in [3.05, 3.63) is 89.7 Å². The highest BCUT2D eigenvalue weighted by Crippen LogP contribution is 2.37. The molecule has 0 fully saturated rings. The number of thioether (sulfide) groups is 1. The molecule has 36 heavy (non-hydrogen) atoms. The normalized spacial score (nSPS) is 11.9. The Balaban J connectivity index is 1.23. The van der Waals surface area contributed by atoms with Crippen molar-refractivity contribution in [1.29, 1.82) is 0 Å². The Morgan fingerprint density at radius 1 is 1.06 bits per heavy atom. The zero-order valence-corrected chi connectivity index (χ0v) is 19.5. The van der Waals surface area contributed by atoms with Crippen LogP contribution in [0, 0.1) is 5.82 Å². The fraction of sp³-hybridized carbons (Fsp3) is 0.208. The quantitative estimate of drug-likeness (QED) is 0.137. The highest BCUT2D eigenvalue weighted by atomic mass is 32.2. The van der Waals surface area contributed by atoms with Crippen LogP contribution in [0.2, 0.25) is 0 Å². The third kappa shape index (κ3) is 7.95. The van der Waals surface area contributed by atoms with Gasteiger partial charge in [-0.05, 0) is 47.7 Å². The van der Waals surface area contributed by atoms with Gasteiger partial charge in [0.05, 0.1) is 26.0 Å². The van der Waals surface area contributed by atoms with Crippen molar-refractivity contribution >= 4 is 23.9 Å². The number of nitrogens with zero attached hydrogens (tertiary/aromatic N) is 4. The fourth-order valence-corrected chi connectivity index (χ4v) is 3.57. The van der Waals surface area contributed by atoms with E-state index in [0.29, 0.717) is 31.2 Å². The molecule has 0 aliphatic heterocycles. The van der Waals surface area contributed by atoms with E-state index in [1.165, 1.54) is 30.5 Å². The molecule has 7 nitrogen and oxygen atoms in total. The van der Waals surface area contributed by atoms with Crippen LogP contribution in [0.3, 0.4) is 0 Å². The lowest BCUT2D eigenvalue weighted by Gasteiger charge is -2.07. The van der Waals surface area contributed by atoms with E-state index in [1.54, 1.807) is 17.1 Å². The Morgan fingerprint density at radius 2 is 1.89 bits per heavy atom. The number of aromatic nitrogens is 4. The Hall–Kier alpha value is -3.64. The van der Waals surface area contributed by atoms with Gasteiger partial charge in [-0.1, -0.05) is 23.4 Å². The van der Waals surface area contributed by atoms with Gasteiger partial charge in [0, 0.05) is 22.7 Å². The van der Waals surface area contributed by atoms with E-state index < -0.39 is 11.3 Å². The highest BCUT2D eigenvalue weighted by molar-refractivity contribution is 8.00. The average molecular weight is 521 g/mol. The molecule has 2 aromatic carbocycles. The van der Waals surface area contributed by atoms with Crippen LogP contribution in [-0.2, 0) is 24.5 Å². The Bertz CT molecular complexity index is 1280. The monoisotopic (exact) mass is 520 g/mol. The lowest BCUT2D eigenvalue weighted by Crippen LogP contribution is -2.06. The third-order valence-corrected chi connectivity index (χ3v) is 5.42. The molecule has 0 unspecified atom stereocenters. The van der Waals surface area contributed by atoms with Crippen LogP contribution in [0.4, 0.5) is 17.6 Å². The van der Waals surface area contributed by atoms with E-state index in [4.69, 9.17) is 13.9 Å². The molecule has 0 aliphatic carbocycles. The zero-order valence-electron chi connectivity index (χ0n) is 18.7. The molecule has 0 radical (unpaired) electrons. The van der Waals surface area contributed by atoms with E-state index >= 15 is 0 Å². The zero-order chi connectivity index (χ0) is 25.4. The molecule has 0 aliphatic rings. The van der Waals surface area contributed by atoms with Gasteiger partial charge in [-0.3, -0.25) is 4.68 Å². The molecule has 0 N–H and O–H groups in total. The van der Waals surface area contributed by atoms with E-state index in [0.717, 1.165) is 11.6 Å². The summed E-state index contributed by atoms with van der Waals surface area (Å²) < 4.78 is 69.7. The molecule has 0 atom stereocenters. The number of hydrogen-bond acceptors (Lipinski definition) is 7. The second-order valence-electron chi connectivity index (χ2n) is 7.39. The van der Waals surface area contributed by atoms with Crippen LogP contribution in [0.1, 0.15) is 22.7 Å². The first kappa shape index (κ1) is 25.5. The van der Waals surface area contributed by atoms with Crippen molar-refractivity contribution < 1.29 is 31.5 Å². The molecule has 0 saturated carbocycles. The van der Waals surface area contributed by atoms with Crippen LogP contribution in [-0.4, -0.2) is 32.1 Å². The number of ether oxygens (including phenoxy) is 2. The summed E-state index contributed by atoms with van der Waals surface area (Å²) in [6.07, 6.45) is 7.60. The minimum absolute atomic E-state index is 0.111. The second kappa shape index (κ2) is 11.9. The van der Waals surface area contributed by atoms with Crippen molar-refractivity contribution in [1.82, 2.24) is 20.0 Å². The van der Waals surface area contributed by atoms with Crippen LogP contribution < -0.4 is 4.74 Å². The first-order valence-corrected chi connectivity index (χ1v) is 11.5. The van der Waals surface area contributed by atoms with Crippen molar-refractivity contribution in [2.75, 3.05) is 6.61 Å². The van der Waals surface area contributed by atoms with Gasteiger partial charge in [0.25, 0.3) is 0 Å². The summed E-state index contributed by atoms with van der Waals surface area (Å²) in [4.78, 5) is 4.01. The minimum Gasteiger partial charge on any atom is -0.487 e. The van der Waals surface area contributed by atoms with Crippen molar-refractivity contribution in [2.45, 2.75) is 30.2 Å². The van der Waals surface area contributed by atoms with Gasteiger partial charge in [-0.2, -0.15) is 13.2 Å². The van der Waals surface area contributed by atoms with Gasteiger partial charge >= 0.3 is 5.51 Å². The molecule has 0 bridgehead atoms. The molecule has 188 valence electrons. The van der Waals surface area contributed by atoms with E-state index in [-0.39, 0.29) is 34.7 Å². The van der Waals surface area contributed by atoms with Gasteiger partial charge < -0.3 is 13.9 Å². The number of benzene rings is 2. The maximum Gasteiger partial charge on any atom is 0.446 e. The summed E-state index contributed by atoms with van der Waals surface area (Å²) in [5.74, 6) is 0.0696. The summed E-state index contributed by atoms with van der Waals surface area (Å²) in [5, 5.41) is 7.60. The van der Waals surface area contributed by atoms with E-state index in [2.05, 4.69) is 15.3 Å². The average Bonchev–Trinajstić information content (AvgIpc) is 3.52. The van der Waals surface area contributed by atoms with E-state index in [1.807, 2.05) is 24.3 Å². The topological polar surface area (TPSA) is 75.2 Å². The predicted molar refractivity (Wildman–Crippen MR) is 124 cm³/mol. The maximum atomic E-state index is 14.1. The van der Waals surface area contributed by atoms with Crippen LogP contribution in [0.25, 0.3) is 12.2 Å². The molecule has 0 saturated heterocycles. The molecule has 2 heterocycles. The predicted octanol–water partition coefficient (Wildman–Crippen LogP) is 5.98. The molecule has 12 heteroatoms. The molecule has 0 amide bonds. The lowest BCUT2D eigenvalue weighted by molar-refractivity contribution is -0.0328. The van der Waals surface area contributed by atoms with Gasteiger partial charge in [-0.15, -0.1) is 5.10 Å². The summed E-state index contributed by atoms with van der Waals surface area (Å²) in [6.45, 7) is 1.75. The highest BCUT2D eigenvalue weighted by Gasteiger charge is 2.29. The molecule has 4 aromatic rings. The summed E-state index contributed by atoms with van der Waals surface area (Å²) in [5.41, 5.74) is -2.85. The SMILES string of the molecule is Fc1cc(SC(F)(F)F)ccc1/C=C/c1nc(COc2ccc(COCCn3ccnn3)cc2)co1. The Kier molecular flexibility index (Phi) is 8.39. The largest absolute Gasteiger partial charge is 0.487 e. The first-order chi connectivity index (χ1) is 17.3. The third-order valence-electron chi connectivity index (χ3n) is 4.70. The molecular formula is C24H20F4N4O3S. The number of alkyl halides is 3. The minimum atomic E-state index is -4.48. The van der Waals surface area contributed by atoms with Crippen molar-refractivity contribution in [3.8, 4) is 5.75 Å². The maximum absolute atomic E-state index is 14.1. The molecule has 4 rings (SSSR count). The van der Waals surface area contributed by atoms with Gasteiger partial charge in [0.2, 0.25) is 5.89 Å². The van der Waals surface area contributed by atoms with Crippen LogP contribution >= 0.6 is 11.8 Å². The van der Waals surface area contributed by atoms with Gasteiger partial charge in [-0.25, -0.2) is 9.37 Å². The van der Waals surface area contributed by atoms with Crippen molar-refractivity contribution in [3.63, 3.8) is 0 Å². The standard InChI is InChI=1S/C24H20F4N4O3S/c25-22-13-21(36-24(26,27)28)7-3-18(22)4-8-23-30-19(16-35-23)15-34-20-5-1-17(2-6-20)14-33-12-11-32-10-9-29-31-32/h1-10,13,16H,11-12,14-15H2/b8-4+. The first-order valence-electron chi connectivity index (χ1n) is 10.7. The van der Waals surface area contributed by atoms with Crippen LogP contribution in [0.15, 0.2) is 70.4 Å². The second-order valence-corrected chi connectivity index (χ2v) is 8.53. The Labute approximate surface area is 207 Å². The summed E-state index contributed by atoms with van der Waals surface area (Å²) in [7, 11) is 0. The summed E-state index contributed by atoms with van der Waals surface area (Å²) >= 11 is -0.370. The van der Waals surface area contributed by atoms with Gasteiger partial charge in [0.15, 0.2) is 0 Å². The van der Waals surface area contributed by atoms with Crippen LogP contribution in [0.5, 0.6) is 5.75 Å². The van der Waals surface area contributed by atoms with E-state index in [9.17, 15) is 17.6 Å². The number of rotatable bonds is 11. The molecule has 2 aromatic heterocycles. The number of oxazole rings is 1. The fourth-order valence-electron chi connectivity index (χ4n) is 3.01. The molecular weight excluding hydrogens is 500 g/mol. The van der Waals surface area contributed by atoms with Gasteiger partial charge in [0.1, 0.15) is 30.1 Å². The summed E-state index contributed by atoms with van der Waals surface area (Å²) in [6, 6.07) is 10.7. The lowest BCUT2D eigenvalue weighted by atomic mass is 10.2. The number of hydrogen-bond donors (Lipinski definition) is 0.